The van der Waals surface area contributed by atoms with Crippen LogP contribution in [-0.2, 0) is 0 Å². The largest absolute Gasteiger partial charge is 0.289 e. The molecule has 0 saturated heterocycles. The topological polar surface area (TPSA) is 68.3 Å². The van der Waals surface area contributed by atoms with Gasteiger partial charge in [-0.25, -0.2) is 0 Å². The average Bonchev–Trinajstić information content (AvgIpc) is 2.40. The molecule has 0 spiro atoms. The second-order valence-electron chi connectivity index (χ2n) is 4.14. The summed E-state index contributed by atoms with van der Waals surface area (Å²) in [5.41, 5.74) is -2.71. The Morgan fingerprint density at radius 2 is 1.26 bits per heavy atom. The molecule has 0 heterocycles. The van der Waals surface area contributed by atoms with Gasteiger partial charge in [-0.15, -0.1) is 0 Å². The molecule has 0 bridgehead atoms. The fraction of sp³-hybridized carbons (Fsp3) is 0. The van der Waals surface area contributed by atoms with E-state index in [0.717, 1.165) is 6.07 Å². The van der Waals surface area contributed by atoms with Gasteiger partial charge >= 0.3 is 0 Å². The molecular formula is C14H5ClO4. The van der Waals surface area contributed by atoms with Crippen LogP contribution in [0, 0.1) is 10.4 Å². The zero-order valence-electron chi connectivity index (χ0n) is 9.40. The summed E-state index contributed by atoms with van der Waals surface area (Å²) >= 11 is 5.61. The van der Waals surface area contributed by atoms with Crippen molar-refractivity contribution in [1.29, 1.82) is 0 Å². The Morgan fingerprint density at radius 1 is 0.737 bits per heavy atom. The number of benzene rings is 1. The molecule has 0 fully saturated rings. The molecule has 2 aliphatic rings. The van der Waals surface area contributed by atoms with Crippen molar-refractivity contribution < 1.29 is 0 Å². The van der Waals surface area contributed by atoms with Gasteiger partial charge in [-0.3, -0.25) is 19.2 Å². The van der Waals surface area contributed by atoms with Crippen molar-refractivity contribution in [2.75, 3.05) is 0 Å². The molecule has 5 heteroatoms. The predicted octanol–water partition coefficient (Wildman–Crippen LogP) is 0.534. The molecule has 0 aromatic heterocycles. The highest BCUT2D eigenvalue weighted by Gasteiger charge is 2.14. The van der Waals surface area contributed by atoms with Crippen LogP contribution in [0.25, 0.3) is 10.8 Å². The van der Waals surface area contributed by atoms with Gasteiger partial charge < -0.3 is 0 Å². The Hall–Kier alpha value is -2.33. The number of hydrogen-bond acceptors (Lipinski definition) is 4. The monoisotopic (exact) mass is 272 g/mol. The van der Waals surface area contributed by atoms with E-state index in [1.54, 1.807) is 12.1 Å². The summed E-state index contributed by atoms with van der Waals surface area (Å²) in [7, 11) is 0. The van der Waals surface area contributed by atoms with Gasteiger partial charge in [-0.05, 0) is 0 Å². The molecule has 4 nitrogen and oxygen atoms in total. The first-order valence-corrected chi connectivity index (χ1v) is 5.79. The summed E-state index contributed by atoms with van der Waals surface area (Å²) in [5.74, 6) is 0. The molecule has 1 aromatic rings. The quantitative estimate of drug-likeness (QED) is 0.599. The maximum absolute atomic E-state index is 12.2. The molecule has 92 valence electrons. The summed E-state index contributed by atoms with van der Waals surface area (Å²) in [6.45, 7) is 0. The van der Waals surface area contributed by atoms with E-state index in [0.29, 0.717) is 0 Å². The molecule has 0 unspecified atom stereocenters. The van der Waals surface area contributed by atoms with Gasteiger partial charge in [0.25, 0.3) is 0 Å². The van der Waals surface area contributed by atoms with Crippen LogP contribution in [0.5, 0.6) is 0 Å². The summed E-state index contributed by atoms with van der Waals surface area (Å²) in [6.07, 6.45) is 0. The highest BCUT2D eigenvalue weighted by Crippen LogP contribution is 2.05. The molecule has 0 aliphatic heterocycles. The van der Waals surface area contributed by atoms with Crippen LogP contribution in [0.3, 0.4) is 0 Å². The van der Waals surface area contributed by atoms with Crippen molar-refractivity contribution in [3.63, 3.8) is 0 Å². The van der Waals surface area contributed by atoms with E-state index in [1.165, 1.54) is 12.1 Å². The van der Waals surface area contributed by atoms with Crippen LogP contribution < -0.4 is 21.7 Å². The van der Waals surface area contributed by atoms with Crippen molar-refractivity contribution in [3.05, 3.63) is 86.7 Å². The van der Waals surface area contributed by atoms with Crippen LogP contribution in [0.4, 0.5) is 0 Å². The van der Waals surface area contributed by atoms with Gasteiger partial charge in [0.15, 0.2) is 16.3 Å². The Morgan fingerprint density at radius 3 is 1.84 bits per heavy atom. The van der Waals surface area contributed by atoms with Gasteiger partial charge in [0, 0.05) is 16.8 Å². The Kier molecular flexibility index (Phi) is 2.37. The summed E-state index contributed by atoms with van der Waals surface area (Å²) in [4.78, 5) is 48.1. The molecule has 0 N–H and O–H groups in total. The molecule has 0 atom stereocenters. The second kappa shape index (κ2) is 3.83. The fourth-order valence-corrected chi connectivity index (χ4v) is 2.39. The smallest absolute Gasteiger partial charge is 0.209 e. The Bertz CT molecular complexity index is 1090. The third-order valence-electron chi connectivity index (χ3n) is 3.07. The van der Waals surface area contributed by atoms with E-state index in [4.69, 9.17) is 11.6 Å². The molecule has 1 aromatic carbocycles. The highest BCUT2D eigenvalue weighted by atomic mass is 35.5. The lowest BCUT2D eigenvalue weighted by Crippen LogP contribution is -2.28. The number of halogens is 1. The molecule has 0 radical (unpaired) electrons. The summed E-state index contributed by atoms with van der Waals surface area (Å²) in [6, 6.07) is 6.96. The van der Waals surface area contributed by atoms with Crippen LogP contribution in [0.1, 0.15) is 0 Å². The summed E-state index contributed by atoms with van der Waals surface area (Å²) in [5, 5.41) is -0.874. The number of hydrogen-bond donors (Lipinski definition) is 0. The maximum Gasteiger partial charge on any atom is 0.209 e. The lowest BCUT2D eigenvalue weighted by Gasteiger charge is -1.97. The van der Waals surface area contributed by atoms with Crippen LogP contribution >= 0.6 is 11.6 Å². The van der Waals surface area contributed by atoms with E-state index in [1.807, 2.05) is 0 Å². The van der Waals surface area contributed by atoms with E-state index < -0.39 is 26.9 Å². The van der Waals surface area contributed by atoms with Gasteiger partial charge in [-0.1, -0.05) is 35.9 Å². The highest BCUT2D eigenvalue weighted by molar-refractivity contribution is 6.30. The lowest BCUT2D eigenvalue weighted by molar-refractivity contribution is 1.31. The SMILES string of the molecule is O=c1cc(Cl)c(=O)c2c(=O)c3ccccc3c(=O)c1=2. The molecule has 0 saturated carbocycles. The molecule has 19 heavy (non-hydrogen) atoms. The first-order valence-electron chi connectivity index (χ1n) is 5.41. The second-order valence-corrected chi connectivity index (χ2v) is 4.55. The predicted molar refractivity (Wildman–Crippen MR) is 71.7 cm³/mol. The van der Waals surface area contributed by atoms with E-state index in [-0.39, 0.29) is 21.0 Å². The average molecular weight is 273 g/mol. The standard InChI is InChI=1S/C14H5ClO4/c15-8-5-9(16)10-11(14(8)19)13(18)7-4-2-1-3-6(7)12(10)17/h1-5H. The molecule has 0 amide bonds. The van der Waals surface area contributed by atoms with E-state index in [9.17, 15) is 19.2 Å². The zero-order chi connectivity index (χ0) is 13.7. The van der Waals surface area contributed by atoms with Crippen molar-refractivity contribution >= 4 is 22.4 Å². The van der Waals surface area contributed by atoms with Crippen molar-refractivity contribution in [3.8, 4) is 0 Å². The molecule has 3 rings (SSSR count). The number of rotatable bonds is 0. The van der Waals surface area contributed by atoms with E-state index >= 15 is 0 Å². The number of fused-ring (bicyclic) bond motifs is 1. The van der Waals surface area contributed by atoms with Gasteiger partial charge in [0.1, 0.15) is 0 Å². The van der Waals surface area contributed by atoms with Gasteiger partial charge in [-0.2, -0.15) is 0 Å². The minimum Gasteiger partial charge on any atom is -0.289 e. The van der Waals surface area contributed by atoms with Gasteiger partial charge in [0.05, 0.1) is 15.5 Å². The molecular weight excluding hydrogens is 268 g/mol. The molecule has 2 aliphatic carbocycles. The normalized spacial score (nSPS) is 11.2. The van der Waals surface area contributed by atoms with Crippen molar-refractivity contribution in [2.24, 2.45) is 0 Å². The third-order valence-corrected chi connectivity index (χ3v) is 3.35. The zero-order valence-corrected chi connectivity index (χ0v) is 10.2. The summed E-state index contributed by atoms with van der Waals surface area (Å²) < 4.78 is 0. The first-order chi connectivity index (χ1) is 9.02. The fourth-order valence-electron chi connectivity index (χ4n) is 2.20. The maximum atomic E-state index is 12.2. The lowest BCUT2D eigenvalue weighted by atomic mass is 10.0. The Labute approximate surface area is 109 Å². The van der Waals surface area contributed by atoms with Crippen LogP contribution in [0.15, 0.2) is 49.5 Å². The Balaban J connectivity index is 3.00. The van der Waals surface area contributed by atoms with Gasteiger partial charge in [0.2, 0.25) is 5.43 Å². The van der Waals surface area contributed by atoms with Crippen LogP contribution in [-0.4, -0.2) is 0 Å². The third kappa shape index (κ3) is 1.47. The first kappa shape index (κ1) is 11.7. The minimum absolute atomic E-state index is 0.124. The van der Waals surface area contributed by atoms with Crippen molar-refractivity contribution in [1.82, 2.24) is 0 Å². The van der Waals surface area contributed by atoms with Crippen LogP contribution in [0.2, 0.25) is 5.02 Å². The minimum atomic E-state index is -0.774. The van der Waals surface area contributed by atoms with Crippen molar-refractivity contribution in [2.45, 2.75) is 0 Å². The van der Waals surface area contributed by atoms with E-state index in [2.05, 4.69) is 0 Å².